The quantitative estimate of drug-likeness (QED) is 0.382. The fourth-order valence-corrected chi connectivity index (χ4v) is 3.88. The zero-order valence-electron chi connectivity index (χ0n) is 17.2. The van der Waals surface area contributed by atoms with Crippen molar-refractivity contribution in [2.75, 3.05) is 6.61 Å². The molecule has 1 aliphatic rings. The first-order valence-corrected chi connectivity index (χ1v) is 11.1. The summed E-state index contributed by atoms with van der Waals surface area (Å²) in [6.07, 6.45) is 3.02. The normalized spacial score (nSPS) is 16.2. The first-order valence-electron chi connectivity index (χ1n) is 10.4. The molecule has 4 rings (SSSR count). The molecule has 6 nitrogen and oxygen atoms in total. The summed E-state index contributed by atoms with van der Waals surface area (Å²) in [5.74, 6) is 1.19. The van der Waals surface area contributed by atoms with Gasteiger partial charge in [0.25, 0.3) is 0 Å². The highest BCUT2D eigenvalue weighted by molar-refractivity contribution is 9.10. The summed E-state index contributed by atoms with van der Waals surface area (Å²) in [7, 11) is 0. The smallest absolute Gasteiger partial charge is 0.249 e. The van der Waals surface area contributed by atoms with Crippen LogP contribution in [0, 0.1) is 5.82 Å². The second-order valence-corrected chi connectivity index (χ2v) is 8.41. The molecule has 1 atom stereocenters. The van der Waals surface area contributed by atoms with E-state index in [-0.39, 0.29) is 24.3 Å². The summed E-state index contributed by atoms with van der Waals surface area (Å²) in [4.78, 5) is 18.6. The van der Waals surface area contributed by atoms with Crippen LogP contribution in [0.25, 0.3) is 11.4 Å². The SMILES string of the molecule is CCCCOc1ccc(-c2noc(C3CCC(=O)N3Cc3ccc(Br)cc3F)n2)cc1. The first kappa shape index (κ1) is 21.5. The van der Waals surface area contributed by atoms with Crippen LogP contribution in [0.1, 0.15) is 50.1 Å². The molecule has 1 amide bonds. The van der Waals surface area contributed by atoms with Crippen LogP contribution in [0.15, 0.2) is 51.5 Å². The molecule has 0 aliphatic carbocycles. The lowest BCUT2D eigenvalue weighted by Crippen LogP contribution is -2.27. The minimum atomic E-state index is -0.367. The van der Waals surface area contributed by atoms with Gasteiger partial charge in [-0.3, -0.25) is 4.79 Å². The zero-order chi connectivity index (χ0) is 21.8. The molecular formula is C23H23BrFN3O3. The number of nitrogens with zero attached hydrogens (tertiary/aromatic N) is 3. The number of carbonyl (C=O) groups is 1. The number of benzene rings is 2. The number of carbonyl (C=O) groups excluding carboxylic acids is 1. The van der Waals surface area contributed by atoms with Gasteiger partial charge in [0.05, 0.1) is 6.61 Å². The van der Waals surface area contributed by atoms with Crippen molar-refractivity contribution in [1.82, 2.24) is 15.0 Å². The van der Waals surface area contributed by atoms with Crippen LogP contribution < -0.4 is 4.74 Å². The highest BCUT2D eigenvalue weighted by atomic mass is 79.9. The molecule has 1 aromatic heterocycles. The molecule has 31 heavy (non-hydrogen) atoms. The van der Waals surface area contributed by atoms with Crippen LogP contribution in [0.3, 0.4) is 0 Å². The van der Waals surface area contributed by atoms with Crippen molar-refractivity contribution in [3.63, 3.8) is 0 Å². The van der Waals surface area contributed by atoms with Gasteiger partial charge in [-0.1, -0.05) is 40.5 Å². The number of rotatable bonds is 8. The van der Waals surface area contributed by atoms with E-state index in [0.29, 0.717) is 41.2 Å². The number of likely N-dealkylation sites (tertiary alicyclic amines) is 1. The molecule has 162 valence electrons. The van der Waals surface area contributed by atoms with Crippen molar-refractivity contribution in [2.45, 2.75) is 45.2 Å². The largest absolute Gasteiger partial charge is 0.494 e. The highest BCUT2D eigenvalue weighted by Gasteiger charge is 2.36. The Balaban J connectivity index is 1.49. The third-order valence-corrected chi connectivity index (χ3v) is 5.78. The van der Waals surface area contributed by atoms with E-state index in [1.165, 1.54) is 6.07 Å². The van der Waals surface area contributed by atoms with Crippen molar-refractivity contribution in [2.24, 2.45) is 0 Å². The van der Waals surface area contributed by atoms with Gasteiger partial charge in [0.1, 0.15) is 17.6 Å². The van der Waals surface area contributed by atoms with Crippen LogP contribution in [-0.4, -0.2) is 27.6 Å². The van der Waals surface area contributed by atoms with Gasteiger partial charge in [-0.2, -0.15) is 4.98 Å². The Morgan fingerprint density at radius 2 is 2.06 bits per heavy atom. The van der Waals surface area contributed by atoms with E-state index >= 15 is 0 Å². The van der Waals surface area contributed by atoms with Crippen LogP contribution in [0.5, 0.6) is 5.75 Å². The van der Waals surface area contributed by atoms with Crippen LogP contribution in [-0.2, 0) is 11.3 Å². The molecule has 1 fully saturated rings. The molecule has 2 aromatic carbocycles. The fraction of sp³-hybridized carbons (Fsp3) is 0.348. The maximum Gasteiger partial charge on any atom is 0.249 e. The fourth-order valence-electron chi connectivity index (χ4n) is 3.54. The lowest BCUT2D eigenvalue weighted by atomic mass is 10.1. The molecule has 3 aromatic rings. The number of hydrogen-bond acceptors (Lipinski definition) is 5. The van der Waals surface area contributed by atoms with Crippen LogP contribution in [0.2, 0.25) is 0 Å². The number of hydrogen-bond donors (Lipinski definition) is 0. The first-order chi connectivity index (χ1) is 15.0. The van der Waals surface area contributed by atoms with Crippen molar-refractivity contribution in [1.29, 1.82) is 0 Å². The van der Waals surface area contributed by atoms with Crippen molar-refractivity contribution >= 4 is 21.8 Å². The maximum atomic E-state index is 14.3. The molecule has 8 heteroatoms. The average Bonchev–Trinajstić information content (AvgIpc) is 3.38. The highest BCUT2D eigenvalue weighted by Crippen LogP contribution is 2.35. The number of ether oxygens (including phenoxy) is 1. The van der Waals surface area contributed by atoms with E-state index in [1.807, 2.05) is 24.3 Å². The Kier molecular flexibility index (Phi) is 6.65. The second-order valence-electron chi connectivity index (χ2n) is 7.49. The number of aromatic nitrogens is 2. The predicted octanol–water partition coefficient (Wildman–Crippen LogP) is 5.68. The van der Waals surface area contributed by atoms with Crippen molar-refractivity contribution in [3.8, 4) is 17.1 Å². The van der Waals surface area contributed by atoms with Gasteiger partial charge >= 0.3 is 0 Å². The number of halogens is 2. The predicted molar refractivity (Wildman–Crippen MR) is 117 cm³/mol. The lowest BCUT2D eigenvalue weighted by molar-refractivity contribution is -0.130. The van der Waals surface area contributed by atoms with E-state index in [4.69, 9.17) is 9.26 Å². The molecular weight excluding hydrogens is 465 g/mol. The Hall–Kier alpha value is -2.74. The van der Waals surface area contributed by atoms with Crippen molar-refractivity contribution < 1.29 is 18.4 Å². The standard InChI is InChI=1S/C23H23BrFN3O3/c1-2-3-12-30-18-8-5-15(6-9-18)22-26-23(31-27-22)20-10-11-21(29)28(20)14-16-4-7-17(24)13-19(16)25/h4-9,13,20H,2-3,10-12,14H2,1H3. The maximum absolute atomic E-state index is 14.3. The van der Waals surface area contributed by atoms with E-state index in [2.05, 4.69) is 33.0 Å². The Morgan fingerprint density at radius 1 is 1.26 bits per heavy atom. The molecule has 0 bridgehead atoms. The summed E-state index contributed by atoms with van der Waals surface area (Å²) in [6.45, 7) is 2.96. The number of unbranched alkanes of at least 4 members (excludes halogenated alkanes) is 1. The topological polar surface area (TPSA) is 68.5 Å². The summed E-state index contributed by atoms with van der Waals surface area (Å²) in [5.41, 5.74) is 1.24. The van der Waals surface area contributed by atoms with Gasteiger partial charge in [-0.15, -0.1) is 0 Å². The zero-order valence-corrected chi connectivity index (χ0v) is 18.8. The van der Waals surface area contributed by atoms with Gasteiger partial charge in [0.2, 0.25) is 17.6 Å². The van der Waals surface area contributed by atoms with Crippen molar-refractivity contribution in [3.05, 3.63) is 64.2 Å². The third kappa shape index (κ3) is 4.95. The summed E-state index contributed by atoms with van der Waals surface area (Å²) in [6, 6.07) is 12.0. The summed E-state index contributed by atoms with van der Waals surface area (Å²) in [5, 5.41) is 4.09. The van der Waals surface area contributed by atoms with Crippen LogP contribution >= 0.6 is 15.9 Å². The van der Waals surface area contributed by atoms with Crippen LogP contribution in [0.4, 0.5) is 4.39 Å². The monoisotopic (exact) mass is 487 g/mol. The van der Waals surface area contributed by atoms with Gasteiger partial charge < -0.3 is 14.2 Å². The van der Waals surface area contributed by atoms with E-state index in [1.54, 1.807) is 17.0 Å². The van der Waals surface area contributed by atoms with Gasteiger partial charge in [-0.05, 0) is 49.2 Å². The molecule has 1 unspecified atom stereocenters. The minimum Gasteiger partial charge on any atom is -0.494 e. The molecule has 2 heterocycles. The minimum absolute atomic E-state index is 0.0550. The second kappa shape index (κ2) is 9.60. The van der Waals surface area contributed by atoms with Gasteiger partial charge in [0.15, 0.2) is 0 Å². The lowest BCUT2D eigenvalue weighted by Gasteiger charge is -2.22. The third-order valence-electron chi connectivity index (χ3n) is 5.29. The average molecular weight is 488 g/mol. The van der Waals surface area contributed by atoms with Gasteiger partial charge in [0, 0.05) is 28.6 Å². The number of amides is 1. The molecule has 1 saturated heterocycles. The molecule has 0 spiro atoms. The van der Waals surface area contributed by atoms with E-state index < -0.39 is 0 Å². The Labute approximate surface area is 188 Å². The van der Waals surface area contributed by atoms with Gasteiger partial charge in [-0.25, -0.2) is 4.39 Å². The molecule has 0 saturated carbocycles. The summed E-state index contributed by atoms with van der Waals surface area (Å²) >= 11 is 3.25. The molecule has 0 N–H and O–H groups in total. The molecule has 1 aliphatic heterocycles. The Morgan fingerprint density at radius 3 is 2.81 bits per heavy atom. The molecule has 0 radical (unpaired) electrons. The van der Waals surface area contributed by atoms with E-state index in [9.17, 15) is 9.18 Å². The van der Waals surface area contributed by atoms with E-state index in [0.717, 1.165) is 24.2 Å². The Bertz CT molecular complexity index is 1050. The summed E-state index contributed by atoms with van der Waals surface area (Å²) < 4.78 is 26.1.